The van der Waals surface area contributed by atoms with Gasteiger partial charge in [-0.05, 0) is 25.5 Å². The van der Waals surface area contributed by atoms with Gasteiger partial charge in [0.15, 0.2) is 11.5 Å². The molecule has 0 spiro atoms. The molecule has 3 heterocycles. The number of aromatic nitrogens is 5. The molecule has 9 nitrogen and oxygen atoms in total. The molecule has 0 atom stereocenters. The number of imidazole rings is 1. The Morgan fingerprint density at radius 1 is 1.13 bits per heavy atom. The van der Waals surface area contributed by atoms with Crippen LogP contribution in [0.2, 0.25) is 0 Å². The van der Waals surface area contributed by atoms with E-state index < -0.39 is 0 Å². The molecule has 30 heavy (non-hydrogen) atoms. The highest BCUT2D eigenvalue weighted by Gasteiger charge is 2.16. The van der Waals surface area contributed by atoms with Crippen LogP contribution in [0.4, 0.5) is 5.82 Å². The number of nitrogens with one attached hydrogen (secondary N) is 1. The summed E-state index contributed by atoms with van der Waals surface area (Å²) in [6.07, 6.45) is 8.25. The monoisotopic (exact) mass is 413 g/mol. The number of hydrogen-bond acceptors (Lipinski definition) is 8. The lowest BCUT2D eigenvalue weighted by molar-refractivity contribution is 0.161. The number of likely N-dealkylation sites (N-methyl/N-ethyl adjacent to an activating group) is 1. The lowest BCUT2D eigenvalue weighted by atomic mass is 10.1. The summed E-state index contributed by atoms with van der Waals surface area (Å²) in [6.45, 7) is 5.63. The zero-order valence-electron chi connectivity index (χ0n) is 18.0. The van der Waals surface area contributed by atoms with Gasteiger partial charge < -0.3 is 20.5 Å². The van der Waals surface area contributed by atoms with Gasteiger partial charge in [0.05, 0.1) is 11.9 Å². The first kappa shape index (κ1) is 21.8. The summed E-state index contributed by atoms with van der Waals surface area (Å²) < 4.78 is 13.3. The molecule has 0 unspecified atom stereocenters. The molecule has 0 saturated carbocycles. The summed E-state index contributed by atoms with van der Waals surface area (Å²) in [7, 11) is 1.89. The Morgan fingerprint density at radius 2 is 1.93 bits per heavy atom. The number of nitrogens with zero attached hydrogens (tertiary/aromatic N) is 5. The van der Waals surface area contributed by atoms with Gasteiger partial charge in [0.1, 0.15) is 12.7 Å². The fraction of sp³-hybridized carbons (Fsp3) is 0.524. The van der Waals surface area contributed by atoms with E-state index in [0.29, 0.717) is 30.4 Å². The highest BCUT2D eigenvalue weighted by molar-refractivity contribution is 5.59. The molecule has 0 aliphatic heterocycles. The smallest absolute Gasteiger partial charge is 0.336 e. The maximum absolute atomic E-state index is 6.12. The van der Waals surface area contributed by atoms with Crippen molar-refractivity contribution in [3.63, 3.8) is 0 Å². The van der Waals surface area contributed by atoms with Crippen LogP contribution in [-0.4, -0.2) is 50.9 Å². The Hall–Kier alpha value is -2.94. The van der Waals surface area contributed by atoms with Crippen molar-refractivity contribution in [2.45, 2.75) is 52.1 Å². The normalized spacial score (nSPS) is 11.3. The fourth-order valence-corrected chi connectivity index (χ4v) is 3.22. The quantitative estimate of drug-likeness (QED) is 0.436. The van der Waals surface area contributed by atoms with Crippen LogP contribution in [0.15, 0.2) is 24.5 Å². The first-order chi connectivity index (χ1) is 14.6. The summed E-state index contributed by atoms with van der Waals surface area (Å²) in [6, 6.07) is 4.14. The van der Waals surface area contributed by atoms with Crippen LogP contribution < -0.4 is 20.5 Å². The van der Waals surface area contributed by atoms with E-state index in [-0.39, 0.29) is 12.1 Å². The highest BCUT2D eigenvalue weighted by Crippen LogP contribution is 2.19. The van der Waals surface area contributed by atoms with Gasteiger partial charge in [0, 0.05) is 25.2 Å². The Bertz CT molecular complexity index is 921. The van der Waals surface area contributed by atoms with E-state index in [1.54, 1.807) is 16.9 Å². The second-order valence-corrected chi connectivity index (χ2v) is 7.22. The van der Waals surface area contributed by atoms with Crippen molar-refractivity contribution in [3.05, 3.63) is 35.8 Å². The molecule has 0 saturated heterocycles. The van der Waals surface area contributed by atoms with Crippen LogP contribution >= 0.6 is 0 Å². The molecule has 3 N–H and O–H groups in total. The predicted octanol–water partition coefficient (Wildman–Crippen LogP) is 2.64. The largest absolute Gasteiger partial charge is 0.476 e. The maximum Gasteiger partial charge on any atom is 0.336 e. The van der Waals surface area contributed by atoms with Crippen molar-refractivity contribution >= 4 is 11.5 Å². The molecule has 0 aromatic carbocycles. The van der Waals surface area contributed by atoms with Gasteiger partial charge in [-0.15, -0.1) is 5.10 Å². The van der Waals surface area contributed by atoms with Crippen molar-refractivity contribution < 1.29 is 9.47 Å². The number of fused-ring (bicyclic) bond motifs is 1. The van der Waals surface area contributed by atoms with Crippen LogP contribution in [0.1, 0.15) is 50.8 Å². The molecule has 3 aromatic rings. The molecule has 3 aromatic heterocycles. The highest BCUT2D eigenvalue weighted by atomic mass is 16.5. The van der Waals surface area contributed by atoms with Crippen molar-refractivity contribution in [2.24, 2.45) is 0 Å². The molecule has 0 radical (unpaired) electrons. The minimum atomic E-state index is 0.0866. The van der Waals surface area contributed by atoms with E-state index in [1.807, 2.05) is 19.2 Å². The number of pyridine rings is 1. The van der Waals surface area contributed by atoms with Crippen molar-refractivity contribution in [2.75, 3.05) is 25.9 Å². The number of ether oxygens (including phenoxy) is 2. The summed E-state index contributed by atoms with van der Waals surface area (Å²) in [4.78, 5) is 13.0. The van der Waals surface area contributed by atoms with Gasteiger partial charge in [-0.25, -0.2) is 14.5 Å². The molecular formula is C21H31N7O2. The van der Waals surface area contributed by atoms with Crippen molar-refractivity contribution in [1.82, 2.24) is 29.9 Å². The number of anilines is 1. The molecule has 0 amide bonds. The molecule has 0 fully saturated rings. The summed E-state index contributed by atoms with van der Waals surface area (Å²) >= 11 is 0. The number of rotatable bonds is 12. The Labute approximate surface area is 177 Å². The first-order valence-electron chi connectivity index (χ1n) is 10.5. The van der Waals surface area contributed by atoms with Gasteiger partial charge in [-0.3, -0.25) is 0 Å². The minimum Gasteiger partial charge on any atom is -0.476 e. The van der Waals surface area contributed by atoms with Crippen LogP contribution in [0.25, 0.3) is 5.65 Å². The first-order valence-corrected chi connectivity index (χ1v) is 10.5. The van der Waals surface area contributed by atoms with E-state index in [9.17, 15) is 0 Å². The van der Waals surface area contributed by atoms with E-state index in [1.165, 1.54) is 0 Å². The third-order valence-corrected chi connectivity index (χ3v) is 4.72. The standard InChI is InChI=1S/C21H31N7O2/c1-4-6-17(7-5-2)30-21-26-19(22)20-25-14-16(28(20)27-21)12-15-8-9-18(24-13-15)29-11-10-23-3/h8-9,13-14,17,23H,4-7,10-12H2,1-3H3,(H2,22,26,27). The fourth-order valence-electron chi connectivity index (χ4n) is 3.22. The summed E-state index contributed by atoms with van der Waals surface area (Å²) in [5.74, 6) is 0.914. The van der Waals surface area contributed by atoms with Gasteiger partial charge in [-0.1, -0.05) is 32.8 Å². The van der Waals surface area contributed by atoms with E-state index in [2.05, 4.69) is 39.2 Å². The topological polar surface area (TPSA) is 112 Å². The number of hydrogen-bond donors (Lipinski definition) is 2. The van der Waals surface area contributed by atoms with Crippen LogP contribution in [-0.2, 0) is 6.42 Å². The summed E-state index contributed by atoms with van der Waals surface area (Å²) in [5.41, 5.74) is 8.55. The van der Waals surface area contributed by atoms with Crippen LogP contribution in [0, 0.1) is 0 Å². The summed E-state index contributed by atoms with van der Waals surface area (Å²) in [5, 5.41) is 7.59. The van der Waals surface area contributed by atoms with Gasteiger partial charge in [0.25, 0.3) is 0 Å². The Balaban J connectivity index is 1.77. The molecule has 162 valence electrons. The van der Waals surface area contributed by atoms with Crippen molar-refractivity contribution in [3.8, 4) is 11.9 Å². The third-order valence-electron chi connectivity index (χ3n) is 4.72. The third kappa shape index (κ3) is 5.56. The van der Waals surface area contributed by atoms with E-state index in [0.717, 1.165) is 43.5 Å². The Kier molecular flexibility index (Phi) is 7.78. The second-order valence-electron chi connectivity index (χ2n) is 7.22. The van der Waals surface area contributed by atoms with Crippen LogP contribution in [0.3, 0.4) is 0 Å². The maximum atomic E-state index is 6.12. The average molecular weight is 414 g/mol. The zero-order valence-corrected chi connectivity index (χ0v) is 18.0. The molecule has 0 bridgehead atoms. The molecule has 0 aliphatic rings. The lowest BCUT2D eigenvalue weighted by Crippen LogP contribution is -2.19. The van der Waals surface area contributed by atoms with Crippen molar-refractivity contribution in [1.29, 1.82) is 0 Å². The number of nitrogen functional groups attached to an aromatic ring is 1. The van der Waals surface area contributed by atoms with E-state index in [4.69, 9.17) is 15.2 Å². The second kappa shape index (κ2) is 10.7. The predicted molar refractivity (Wildman–Crippen MR) is 116 cm³/mol. The van der Waals surface area contributed by atoms with E-state index >= 15 is 0 Å². The van der Waals surface area contributed by atoms with Gasteiger partial charge in [-0.2, -0.15) is 4.98 Å². The molecular weight excluding hydrogens is 382 g/mol. The van der Waals surface area contributed by atoms with Gasteiger partial charge in [0.2, 0.25) is 5.88 Å². The SMILES string of the molecule is CCCC(CCC)Oc1nc(N)c2ncc(Cc3ccc(OCCNC)nc3)n2n1. The Morgan fingerprint density at radius 3 is 2.60 bits per heavy atom. The molecule has 3 rings (SSSR count). The zero-order chi connectivity index (χ0) is 21.3. The molecule has 0 aliphatic carbocycles. The van der Waals surface area contributed by atoms with Crippen LogP contribution in [0.5, 0.6) is 11.9 Å². The average Bonchev–Trinajstić information content (AvgIpc) is 3.13. The minimum absolute atomic E-state index is 0.0866. The number of nitrogens with two attached hydrogens (primary N) is 1. The van der Waals surface area contributed by atoms with Gasteiger partial charge >= 0.3 is 6.01 Å². The lowest BCUT2D eigenvalue weighted by Gasteiger charge is -2.16. The molecule has 9 heteroatoms.